The van der Waals surface area contributed by atoms with Crippen LogP contribution in [0.1, 0.15) is 72.6 Å². The Balaban J connectivity index is 1.76. The largest absolute Gasteiger partial charge is 0.338 e. The van der Waals surface area contributed by atoms with E-state index in [0.29, 0.717) is 5.92 Å². The zero-order valence-electron chi connectivity index (χ0n) is 14.2. The molecular formula is C17H33N3O. The smallest absolute Gasteiger partial charge is 0.315 e. The van der Waals surface area contributed by atoms with Crippen molar-refractivity contribution >= 4 is 6.03 Å². The van der Waals surface area contributed by atoms with Gasteiger partial charge < -0.3 is 16.0 Å². The average Bonchev–Trinajstić information content (AvgIpc) is 2.33. The third-order valence-electron chi connectivity index (χ3n) is 4.80. The van der Waals surface area contributed by atoms with Crippen molar-refractivity contribution in [2.75, 3.05) is 6.54 Å². The second kappa shape index (κ2) is 6.55. The highest BCUT2D eigenvalue weighted by atomic mass is 16.2. The predicted octanol–water partition coefficient (Wildman–Crippen LogP) is 3.18. The molecule has 4 heteroatoms. The molecule has 2 aliphatic rings. The van der Waals surface area contributed by atoms with Crippen molar-refractivity contribution in [2.24, 2.45) is 5.92 Å². The summed E-state index contributed by atoms with van der Waals surface area (Å²) in [6, 6.07) is 0.265. The van der Waals surface area contributed by atoms with Gasteiger partial charge in [0.15, 0.2) is 0 Å². The first-order valence-electron chi connectivity index (χ1n) is 8.59. The third-order valence-corrected chi connectivity index (χ3v) is 4.80. The van der Waals surface area contributed by atoms with Crippen molar-refractivity contribution < 1.29 is 4.79 Å². The quantitative estimate of drug-likeness (QED) is 0.749. The van der Waals surface area contributed by atoms with E-state index in [4.69, 9.17) is 0 Å². The first-order chi connectivity index (χ1) is 9.76. The Labute approximate surface area is 129 Å². The molecule has 0 aromatic carbocycles. The zero-order valence-corrected chi connectivity index (χ0v) is 14.2. The maximum absolute atomic E-state index is 12.1. The Morgan fingerprint density at radius 2 is 1.62 bits per heavy atom. The van der Waals surface area contributed by atoms with E-state index >= 15 is 0 Å². The van der Waals surface area contributed by atoms with E-state index in [-0.39, 0.29) is 23.2 Å². The number of piperidine rings is 1. The van der Waals surface area contributed by atoms with Crippen molar-refractivity contribution in [2.45, 2.75) is 89.8 Å². The van der Waals surface area contributed by atoms with E-state index in [1.807, 2.05) is 0 Å². The van der Waals surface area contributed by atoms with E-state index in [1.54, 1.807) is 0 Å². The maximum atomic E-state index is 12.1. The molecule has 1 saturated heterocycles. The lowest BCUT2D eigenvalue weighted by Gasteiger charge is -2.46. The van der Waals surface area contributed by atoms with Gasteiger partial charge in [-0.25, -0.2) is 4.79 Å². The van der Waals surface area contributed by atoms with E-state index in [9.17, 15) is 4.79 Å². The predicted molar refractivity (Wildman–Crippen MR) is 87.4 cm³/mol. The molecule has 2 fully saturated rings. The van der Waals surface area contributed by atoms with Crippen LogP contribution >= 0.6 is 0 Å². The summed E-state index contributed by atoms with van der Waals surface area (Å²) in [4.78, 5) is 12.1. The molecule has 0 atom stereocenters. The Morgan fingerprint density at radius 1 is 1.05 bits per heavy atom. The number of hydrogen-bond acceptors (Lipinski definition) is 2. The summed E-state index contributed by atoms with van der Waals surface area (Å²) in [5.41, 5.74) is 0.145. The molecule has 4 nitrogen and oxygen atoms in total. The van der Waals surface area contributed by atoms with E-state index < -0.39 is 0 Å². The lowest BCUT2D eigenvalue weighted by Crippen LogP contribution is -2.62. The van der Waals surface area contributed by atoms with Crippen LogP contribution in [0, 0.1) is 5.92 Å². The van der Waals surface area contributed by atoms with Gasteiger partial charge in [0.25, 0.3) is 0 Å². The first kappa shape index (κ1) is 16.6. The van der Waals surface area contributed by atoms with Gasteiger partial charge in [-0.05, 0) is 59.3 Å². The second-order valence-electron chi connectivity index (χ2n) is 8.36. The Kier molecular flexibility index (Phi) is 5.18. The summed E-state index contributed by atoms with van der Waals surface area (Å²) in [7, 11) is 0. The number of carbonyl (C=O) groups excluding carboxylic acids is 1. The van der Waals surface area contributed by atoms with Crippen LogP contribution in [0.3, 0.4) is 0 Å². The molecule has 0 spiro atoms. The Bertz CT molecular complexity index is 343. The molecule has 3 N–H and O–H groups in total. The van der Waals surface area contributed by atoms with Gasteiger partial charge in [-0.1, -0.05) is 19.3 Å². The van der Waals surface area contributed by atoms with Crippen LogP contribution in [0.25, 0.3) is 0 Å². The van der Waals surface area contributed by atoms with Crippen molar-refractivity contribution in [3.05, 3.63) is 0 Å². The van der Waals surface area contributed by atoms with Crippen molar-refractivity contribution in [1.82, 2.24) is 16.0 Å². The standard InChI is InChI=1S/C17H33N3O/c1-16(2)10-14(11-17(3,4)20-16)19-15(21)18-12-13-8-6-5-7-9-13/h13-14,20H,5-12H2,1-4H3,(H2,18,19,21). The number of hydrogen-bond donors (Lipinski definition) is 3. The van der Waals surface area contributed by atoms with Gasteiger partial charge >= 0.3 is 6.03 Å². The fourth-order valence-electron chi connectivity index (χ4n) is 4.29. The van der Waals surface area contributed by atoms with Crippen molar-refractivity contribution in [3.63, 3.8) is 0 Å². The molecule has 0 aromatic rings. The van der Waals surface area contributed by atoms with Crippen LogP contribution in [0.5, 0.6) is 0 Å². The lowest BCUT2D eigenvalue weighted by atomic mass is 9.80. The van der Waals surface area contributed by atoms with Gasteiger partial charge in [-0.15, -0.1) is 0 Å². The minimum Gasteiger partial charge on any atom is -0.338 e. The van der Waals surface area contributed by atoms with E-state index in [0.717, 1.165) is 19.4 Å². The molecule has 2 rings (SSSR count). The van der Waals surface area contributed by atoms with Gasteiger partial charge in [0, 0.05) is 23.7 Å². The topological polar surface area (TPSA) is 53.2 Å². The fraction of sp³-hybridized carbons (Fsp3) is 0.941. The summed E-state index contributed by atoms with van der Waals surface area (Å²) in [6.07, 6.45) is 8.51. The van der Waals surface area contributed by atoms with Crippen molar-refractivity contribution in [3.8, 4) is 0 Å². The molecule has 0 unspecified atom stereocenters. The number of urea groups is 1. The van der Waals surface area contributed by atoms with Gasteiger partial charge in [0.1, 0.15) is 0 Å². The number of nitrogens with one attached hydrogen (secondary N) is 3. The van der Waals surface area contributed by atoms with Gasteiger partial charge in [-0.2, -0.15) is 0 Å². The Morgan fingerprint density at radius 3 is 2.19 bits per heavy atom. The van der Waals surface area contributed by atoms with Crippen LogP contribution in [-0.4, -0.2) is 29.7 Å². The number of rotatable bonds is 3. The van der Waals surface area contributed by atoms with Crippen molar-refractivity contribution in [1.29, 1.82) is 0 Å². The second-order valence-corrected chi connectivity index (χ2v) is 8.36. The summed E-state index contributed by atoms with van der Waals surface area (Å²) in [5, 5.41) is 9.91. The molecule has 122 valence electrons. The lowest BCUT2D eigenvalue weighted by molar-refractivity contribution is 0.147. The third kappa shape index (κ3) is 5.50. The summed E-state index contributed by atoms with van der Waals surface area (Å²) < 4.78 is 0. The summed E-state index contributed by atoms with van der Waals surface area (Å²) in [5.74, 6) is 0.686. The molecular weight excluding hydrogens is 262 g/mol. The van der Waals surface area contributed by atoms with Crippen LogP contribution in [0.2, 0.25) is 0 Å². The highest BCUT2D eigenvalue weighted by Gasteiger charge is 2.38. The van der Waals surface area contributed by atoms with Crippen LogP contribution in [0.4, 0.5) is 4.79 Å². The molecule has 0 radical (unpaired) electrons. The number of carbonyl (C=O) groups is 1. The zero-order chi connectivity index (χ0) is 15.5. The summed E-state index contributed by atoms with van der Waals surface area (Å²) >= 11 is 0. The van der Waals surface area contributed by atoms with Crippen LogP contribution in [-0.2, 0) is 0 Å². The SMILES string of the molecule is CC1(C)CC(NC(=O)NCC2CCCCC2)CC(C)(C)N1. The monoisotopic (exact) mass is 295 g/mol. The minimum atomic E-state index is 0.0130. The Hall–Kier alpha value is -0.770. The fourth-order valence-corrected chi connectivity index (χ4v) is 4.29. The minimum absolute atomic E-state index is 0.0130. The molecule has 0 aromatic heterocycles. The normalized spacial score (nSPS) is 26.3. The first-order valence-corrected chi connectivity index (χ1v) is 8.59. The highest BCUT2D eigenvalue weighted by Crippen LogP contribution is 2.28. The number of amides is 2. The molecule has 1 heterocycles. The molecule has 1 aliphatic carbocycles. The van der Waals surface area contributed by atoms with Crippen LogP contribution < -0.4 is 16.0 Å². The highest BCUT2D eigenvalue weighted by molar-refractivity contribution is 5.74. The van der Waals surface area contributed by atoms with Gasteiger partial charge in [0.05, 0.1) is 0 Å². The molecule has 1 aliphatic heterocycles. The molecule has 21 heavy (non-hydrogen) atoms. The molecule has 1 saturated carbocycles. The molecule has 0 bridgehead atoms. The van der Waals surface area contributed by atoms with Crippen LogP contribution in [0.15, 0.2) is 0 Å². The van der Waals surface area contributed by atoms with Gasteiger partial charge in [0.2, 0.25) is 0 Å². The maximum Gasteiger partial charge on any atom is 0.315 e. The van der Waals surface area contributed by atoms with E-state index in [2.05, 4.69) is 43.6 Å². The molecule has 2 amide bonds. The van der Waals surface area contributed by atoms with E-state index in [1.165, 1.54) is 32.1 Å². The average molecular weight is 295 g/mol. The summed E-state index contributed by atoms with van der Waals surface area (Å²) in [6.45, 7) is 9.68. The van der Waals surface area contributed by atoms with Gasteiger partial charge in [-0.3, -0.25) is 0 Å².